The summed E-state index contributed by atoms with van der Waals surface area (Å²) in [7, 11) is 3.90. The maximum Gasteiger partial charge on any atom is 0.231 e. The largest absolute Gasteiger partial charge is 0.376 e. The van der Waals surface area contributed by atoms with Gasteiger partial charge in [-0.15, -0.1) is 5.10 Å². The molecular formula is C14H19N5O. The smallest absolute Gasteiger partial charge is 0.231 e. The number of pyridine rings is 1. The van der Waals surface area contributed by atoms with Gasteiger partial charge in [-0.25, -0.2) is 0 Å². The van der Waals surface area contributed by atoms with Gasteiger partial charge in [0.25, 0.3) is 0 Å². The first-order chi connectivity index (χ1) is 9.54. The maximum atomic E-state index is 11.9. The Morgan fingerprint density at radius 1 is 1.30 bits per heavy atom. The molecule has 1 aromatic rings. The van der Waals surface area contributed by atoms with Gasteiger partial charge in [-0.2, -0.15) is 5.10 Å². The van der Waals surface area contributed by atoms with Gasteiger partial charge in [-0.3, -0.25) is 9.78 Å². The van der Waals surface area contributed by atoms with Crippen LogP contribution >= 0.6 is 0 Å². The number of hydrogen-bond donors (Lipinski definition) is 1. The van der Waals surface area contributed by atoms with Crippen LogP contribution < -0.4 is 10.2 Å². The van der Waals surface area contributed by atoms with Crippen molar-refractivity contribution in [1.29, 1.82) is 0 Å². The summed E-state index contributed by atoms with van der Waals surface area (Å²) in [5, 5.41) is 10.7. The molecule has 20 heavy (non-hydrogen) atoms. The zero-order chi connectivity index (χ0) is 14.5. The average Bonchev–Trinajstić information content (AvgIpc) is 2.42. The highest BCUT2D eigenvalue weighted by atomic mass is 16.1. The lowest BCUT2D eigenvalue weighted by Crippen LogP contribution is -2.33. The van der Waals surface area contributed by atoms with Crippen LogP contribution in [0.3, 0.4) is 0 Å². The lowest BCUT2D eigenvalue weighted by Gasteiger charge is -2.12. The van der Waals surface area contributed by atoms with Crippen LogP contribution in [0.1, 0.15) is 25.5 Å². The molecule has 1 aromatic heterocycles. The van der Waals surface area contributed by atoms with Crippen LogP contribution in [0.4, 0.5) is 5.69 Å². The Morgan fingerprint density at radius 2 is 2.10 bits per heavy atom. The first-order valence-corrected chi connectivity index (χ1v) is 6.56. The molecule has 2 rings (SSSR count). The van der Waals surface area contributed by atoms with Gasteiger partial charge >= 0.3 is 0 Å². The molecule has 1 aliphatic rings. The number of aromatic nitrogens is 1. The lowest BCUT2D eigenvalue weighted by atomic mass is 10.2. The second kappa shape index (κ2) is 6.27. The van der Waals surface area contributed by atoms with E-state index in [1.807, 2.05) is 38.1 Å². The molecule has 0 aliphatic carbocycles. The fourth-order valence-electron chi connectivity index (χ4n) is 1.79. The number of amides is 1. The number of hydrogen-bond acceptors (Lipinski definition) is 5. The van der Waals surface area contributed by atoms with Crippen LogP contribution in [0.15, 0.2) is 28.5 Å². The molecule has 0 bridgehead atoms. The van der Waals surface area contributed by atoms with E-state index in [2.05, 4.69) is 20.5 Å². The Balaban J connectivity index is 1.91. The van der Waals surface area contributed by atoms with Crippen LogP contribution in [0.5, 0.6) is 0 Å². The van der Waals surface area contributed by atoms with Gasteiger partial charge in [0, 0.05) is 31.9 Å². The normalized spacial score (nSPS) is 14.3. The predicted molar refractivity (Wildman–Crippen MR) is 80.2 cm³/mol. The standard InChI is InChI=1S/C14H19N5O/c1-10-4-7-13(18-17-10)16-14(20)8-11-5-6-12(9-15-11)19(2)3/h5-6,9H,4,7-8H2,1-3H3,(H,16,18,20). The number of amidine groups is 1. The van der Waals surface area contributed by atoms with E-state index >= 15 is 0 Å². The highest BCUT2D eigenvalue weighted by molar-refractivity contribution is 6.01. The van der Waals surface area contributed by atoms with Crippen molar-refractivity contribution < 1.29 is 4.79 Å². The van der Waals surface area contributed by atoms with E-state index in [1.54, 1.807) is 6.20 Å². The van der Waals surface area contributed by atoms with Gasteiger partial charge in [-0.05, 0) is 25.5 Å². The first-order valence-electron chi connectivity index (χ1n) is 6.56. The van der Waals surface area contributed by atoms with Gasteiger partial charge in [0.1, 0.15) is 5.84 Å². The lowest BCUT2D eigenvalue weighted by molar-refractivity contribution is -0.119. The predicted octanol–water partition coefficient (Wildman–Crippen LogP) is 1.37. The highest BCUT2D eigenvalue weighted by Gasteiger charge is 2.11. The zero-order valence-electron chi connectivity index (χ0n) is 12.1. The molecule has 0 unspecified atom stereocenters. The van der Waals surface area contributed by atoms with Crippen LogP contribution in [0.25, 0.3) is 0 Å². The van der Waals surface area contributed by atoms with E-state index in [1.165, 1.54) is 0 Å². The van der Waals surface area contributed by atoms with Crippen molar-refractivity contribution in [2.75, 3.05) is 19.0 Å². The quantitative estimate of drug-likeness (QED) is 0.904. The first kappa shape index (κ1) is 14.2. The molecule has 2 heterocycles. The summed E-state index contributed by atoms with van der Waals surface area (Å²) in [5.74, 6) is 0.522. The van der Waals surface area contributed by atoms with Crippen LogP contribution in [0.2, 0.25) is 0 Å². The minimum atomic E-state index is -0.108. The van der Waals surface area contributed by atoms with Crippen molar-refractivity contribution >= 4 is 23.1 Å². The molecule has 6 heteroatoms. The topological polar surface area (TPSA) is 70.0 Å². The minimum Gasteiger partial charge on any atom is -0.376 e. The fourth-order valence-corrected chi connectivity index (χ4v) is 1.79. The van der Waals surface area contributed by atoms with Gasteiger partial charge in [0.15, 0.2) is 0 Å². The number of carbonyl (C=O) groups is 1. The third-order valence-electron chi connectivity index (χ3n) is 3.02. The third-order valence-corrected chi connectivity index (χ3v) is 3.02. The molecule has 1 amide bonds. The Bertz CT molecular complexity index is 545. The highest BCUT2D eigenvalue weighted by Crippen LogP contribution is 2.09. The summed E-state index contributed by atoms with van der Waals surface area (Å²) in [4.78, 5) is 18.1. The Hall–Kier alpha value is -2.24. The number of nitrogens with one attached hydrogen (secondary N) is 1. The molecular weight excluding hydrogens is 254 g/mol. The fraction of sp³-hybridized carbons (Fsp3) is 0.429. The number of rotatable bonds is 3. The number of nitrogens with zero attached hydrogens (tertiary/aromatic N) is 4. The van der Waals surface area contributed by atoms with Crippen molar-refractivity contribution in [3.05, 3.63) is 24.0 Å². The van der Waals surface area contributed by atoms with E-state index in [4.69, 9.17) is 0 Å². The molecule has 0 spiro atoms. The van der Waals surface area contributed by atoms with Crippen molar-refractivity contribution in [2.24, 2.45) is 10.2 Å². The van der Waals surface area contributed by atoms with Gasteiger partial charge < -0.3 is 10.2 Å². The molecule has 6 nitrogen and oxygen atoms in total. The van der Waals surface area contributed by atoms with Crippen LogP contribution in [0, 0.1) is 0 Å². The second-order valence-electron chi connectivity index (χ2n) is 5.01. The molecule has 0 fully saturated rings. The van der Waals surface area contributed by atoms with E-state index in [0.29, 0.717) is 5.84 Å². The molecule has 0 saturated carbocycles. The summed E-state index contributed by atoms with van der Waals surface area (Å²) in [5.41, 5.74) is 2.74. The molecule has 1 N–H and O–H groups in total. The van der Waals surface area contributed by atoms with E-state index < -0.39 is 0 Å². The second-order valence-corrected chi connectivity index (χ2v) is 5.01. The summed E-state index contributed by atoms with van der Waals surface area (Å²) in [6.45, 7) is 1.93. The van der Waals surface area contributed by atoms with Crippen molar-refractivity contribution in [2.45, 2.75) is 26.2 Å². The Morgan fingerprint density at radius 3 is 2.65 bits per heavy atom. The Kier molecular flexibility index (Phi) is 4.45. The molecule has 1 aliphatic heterocycles. The summed E-state index contributed by atoms with van der Waals surface area (Å²) in [6, 6.07) is 3.81. The maximum absolute atomic E-state index is 11.9. The summed E-state index contributed by atoms with van der Waals surface area (Å²) < 4.78 is 0. The van der Waals surface area contributed by atoms with Crippen molar-refractivity contribution in [3.63, 3.8) is 0 Å². The van der Waals surface area contributed by atoms with Gasteiger partial charge in [0.05, 0.1) is 18.3 Å². The molecule has 0 radical (unpaired) electrons. The Labute approximate surface area is 118 Å². The van der Waals surface area contributed by atoms with E-state index in [-0.39, 0.29) is 12.3 Å². The SMILES string of the molecule is CC1=NN=C(NC(=O)Cc2ccc(N(C)C)cn2)CC1. The number of anilines is 1. The van der Waals surface area contributed by atoms with Crippen molar-refractivity contribution in [1.82, 2.24) is 10.3 Å². The summed E-state index contributed by atoms with van der Waals surface area (Å²) >= 11 is 0. The van der Waals surface area contributed by atoms with Crippen LogP contribution in [-0.4, -0.2) is 36.5 Å². The van der Waals surface area contributed by atoms with Gasteiger partial charge in [-0.1, -0.05) is 0 Å². The monoisotopic (exact) mass is 273 g/mol. The van der Waals surface area contributed by atoms with Crippen molar-refractivity contribution in [3.8, 4) is 0 Å². The molecule has 106 valence electrons. The van der Waals surface area contributed by atoms with E-state index in [0.717, 1.165) is 29.9 Å². The molecule has 0 atom stereocenters. The molecule has 0 aromatic carbocycles. The minimum absolute atomic E-state index is 0.108. The van der Waals surface area contributed by atoms with Crippen LogP contribution in [-0.2, 0) is 11.2 Å². The third kappa shape index (κ3) is 3.88. The van der Waals surface area contributed by atoms with E-state index in [9.17, 15) is 4.79 Å². The summed E-state index contributed by atoms with van der Waals surface area (Å²) in [6.07, 6.45) is 3.58. The molecule has 0 saturated heterocycles. The average molecular weight is 273 g/mol. The zero-order valence-corrected chi connectivity index (χ0v) is 12.1. The number of carbonyl (C=O) groups excluding carboxylic acids is 1. The van der Waals surface area contributed by atoms with Gasteiger partial charge in [0.2, 0.25) is 5.91 Å².